The molecule has 0 bridgehead atoms. The molecule has 1 N–H and O–H groups in total. The van der Waals surface area contributed by atoms with Crippen LogP contribution in [0.4, 0.5) is 0 Å². The zero-order valence-electron chi connectivity index (χ0n) is 15.1. The van der Waals surface area contributed by atoms with Crippen molar-refractivity contribution in [2.24, 2.45) is 0 Å². The molecule has 0 radical (unpaired) electrons. The standard InChI is InChI=1S/C19H18N4O4S/c1-12(13-4-5-15-16(9-13)26-8-7-25-15)21-17(24)11-28-19-23-22-18(27-19)14-3-2-6-20-10-14/h2-6,9-10,12H,7-8,11H2,1H3,(H,21,24)/t12-/m1/s1. The van der Waals surface area contributed by atoms with Gasteiger partial charge >= 0.3 is 0 Å². The van der Waals surface area contributed by atoms with Crippen LogP contribution in [0.5, 0.6) is 11.5 Å². The van der Waals surface area contributed by atoms with E-state index in [1.165, 1.54) is 11.8 Å². The summed E-state index contributed by atoms with van der Waals surface area (Å²) in [4.78, 5) is 16.3. The number of ether oxygens (including phenoxy) is 2. The number of aromatic nitrogens is 3. The maximum absolute atomic E-state index is 12.3. The lowest BCUT2D eigenvalue weighted by Crippen LogP contribution is -2.28. The van der Waals surface area contributed by atoms with E-state index in [4.69, 9.17) is 13.9 Å². The van der Waals surface area contributed by atoms with E-state index >= 15 is 0 Å². The van der Waals surface area contributed by atoms with Gasteiger partial charge in [0.25, 0.3) is 5.22 Å². The Morgan fingerprint density at radius 2 is 2.07 bits per heavy atom. The Kier molecular flexibility index (Phi) is 5.43. The summed E-state index contributed by atoms with van der Waals surface area (Å²) in [7, 11) is 0. The molecule has 8 nitrogen and oxygen atoms in total. The molecule has 1 aliphatic rings. The Morgan fingerprint density at radius 3 is 2.89 bits per heavy atom. The molecular weight excluding hydrogens is 380 g/mol. The predicted octanol–water partition coefficient (Wildman–Crippen LogP) is 2.87. The molecule has 1 atom stereocenters. The lowest BCUT2D eigenvalue weighted by Gasteiger charge is -2.21. The molecule has 0 saturated carbocycles. The Balaban J connectivity index is 1.31. The van der Waals surface area contributed by atoms with Gasteiger partial charge in [-0.3, -0.25) is 9.78 Å². The van der Waals surface area contributed by atoms with Gasteiger partial charge in [0, 0.05) is 12.4 Å². The van der Waals surface area contributed by atoms with Crippen molar-refractivity contribution in [1.29, 1.82) is 0 Å². The first-order valence-corrected chi connectivity index (χ1v) is 9.73. The third kappa shape index (κ3) is 4.25. The maximum Gasteiger partial charge on any atom is 0.277 e. The fraction of sp³-hybridized carbons (Fsp3) is 0.263. The number of amides is 1. The van der Waals surface area contributed by atoms with Gasteiger partial charge in [0.15, 0.2) is 11.5 Å². The molecule has 0 unspecified atom stereocenters. The first-order chi connectivity index (χ1) is 13.7. The van der Waals surface area contributed by atoms with Crippen LogP contribution in [0.1, 0.15) is 18.5 Å². The number of nitrogens with one attached hydrogen (secondary N) is 1. The average molecular weight is 398 g/mol. The third-order valence-electron chi connectivity index (χ3n) is 4.09. The summed E-state index contributed by atoms with van der Waals surface area (Å²) in [5.41, 5.74) is 1.68. The maximum atomic E-state index is 12.3. The monoisotopic (exact) mass is 398 g/mol. The fourth-order valence-corrected chi connectivity index (χ4v) is 3.27. The molecule has 1 aliphatic heterocycles. The molecular formula is C19H18N4O4S. The predicted molar refractivity (Wildman–Crippen MR) is 102 cm³/mol. The highest BCUT2D eigenvalue weighted by molar-refractivity contribution is 7.99. The lowest BCUT2D eigenvalue weighted by molar-refractivity contribution is -0.119. The van der Waals surface area contributed by atoms with E-state index in [2.05, 4.69) is 20.5 Å². The van der Waals surface area contributed by atoms with Gasteiger partial charge in [-0.15, -0.1) is 10.2 Å². The molecule has 28 heavy (non-hydrogen) atoms. The van der Waals surface area contributed by atoms with Crippen LogP contribution in [-0.2, 0) is 4.79 Å². The number of fused-ring (bicyclic) bond motifs is 1. The topological polar surface area (TPSA) is 99.4 Å². The van der Waals surface area contributed by atoms with Crippen molar-refractivity contribution in [1.82, 2.24) is 20.5 Å². The van der Waals surface area contributed by atoms with E-state index in [1.54, 1.807) is 18.5 Å². The Hall–Kier alpha value is -3.07. The van der Waals surface area contributed by atoms with Crippen molar-refractivity contribution in [3.63, 3.8) is 0 Å². The minimum atomic E-state index is -0.169. The number of carbonyl (C=O) groups excluding carboxylic acids is 1. The summed E-state index contributed by atoms with van der Waals surface area (Å²) < 4.78 is 16.7. The first-order valence-electron chi connectivity index (χ1n) is 8.74. The number of benzene rings is 1. The minimum Gasteiger partial charge on any atom is -0.486 e. The lowest BCUT2D eigenvalue weighted by atomic mass is 10.1. The van der Waals surface area contributed by atoms with Crippen molar-refractivity contribution < 1.29 is 18.7 Å². The van der Waals surface area contributed by atoms with Gasteiger partial charge in [-0.2, -0.15) is 0 Å². The smallest absolute Gasteiger partial charge is 0.277 e. The fourth-order valence-electron chi connectivity index (χ4n) is 2.70. The van der Waals surface area contributed by atoms with E-state index < -0.39 is 0 Å². The Labute approximate surface area is 165 Å². The zero-order valence-corrected chi connectivity index (χ0v) is 15.9. The first kappa shape index (κ1) is 18.3. The summed E-state index contributed by atoms with van der Waals surface area (Å²) in [5.74, 6) is 1.84. The second kappa shape index (κ2) is 8.30. The molecule has 3 heterocycles. The van der Waals surface area contributed by atoms with Gasteiger partial charge in [-0.05, 0) is 36.8 Å². The van der Waals surface area contributed by atoms with Crippen molar-refractivity contribution in [3.8, 4) is 23.0 Å². The van der Waals surface area contributed by atoms with Gasteiger partial charge in [0.2, 0.25) is 11.8 Å². The highest BCUT2D eigenvalue weighted by Crippen LogP contribution is 2.32. The Bertz CT molecular complexity index is 964. The molecule has 0 spiro atoms. The van der Waals surface area contributed by atoms with Crippen LogP contribution in [0.15, 0.2) is 52.4 Å². The molecule has 0 fully saturated rings. The molecule has 144 valence electrons. The second-order valence-electron chi connectivity index (χ2n) is 6.10. The SMILES string of the molecule is C[C@@H](NC(=O)CSc1nnc(-c2cccnc2)o1)c1ccc2c(c1)OCCO2. The van der Waals surface area contributed by atoms with Crippen molar-refractivity contribution >= 4 is 17.7 Å². The molecule has 3 aromatic rings. The van der Waals surface area contributed by atoms with Crippen LogP contribution < -0.4 is 14.8 Å². The molecule has 0 aliphatic carbocycles. The number of hydrogen-bond donors (Lipinski definition) is 1. The summed E-state index contributed by atoms with van der Waals surface area (Å²) in [5, 5.41) is 11.2. The summed E-state index contributed by atoms with van der Waals surface area (Å²) in [6.07, 6.45) is 3.31. The van der Waals surface area contributed by atoms with E-state index in [9.17, 15) is 4.79 Å². The number of pyridine rings is 1. The summed E-state index contributed by atoms with van der Waals surface area (Å²) in [6, 6.07) is 9.13. The van der Waals surface area contributed by atoms with Crippen LogP contribution in [0.25, 0.3) is 11.5 Å². The number of rotatable bonds is 6. The number of hydrogen-bond acceptors (Lipinski definition) is 8. The van der Waals surface area contributed by atoms with Crippen molar-refractivity contribution in [3.05, 3.63) is 48.3 Å². The van der Waals surface area contributed by atoms with Crippen molar-refractivity contribution in [2.75, 3.05) is 19.0 Å². The van der Waals surface area contributed by atoms with Crippen molar-refractivity contribution in [2.45, 2.75) is 18.2 Å². The molecule has 1 amide bonds. The normalized spacial score (nSPS) is 13.8. The molecule has 0 saturated heterocycles. The molecule has 9 heteroatoms. The van der Waals surface area contributed by atoms with Gasteiger partial charge in [-0.25, -0.2) is 0 Å². The van der Waals surface area contributed by atoms with Gasteiger partial charge in [-0.1, -0.05) is 17.8 Å². The van der Waals surface area contributed by atoms with Crippen LogP contribution in [0, 0.1) is 0 Å². The zero-order chi connectivity index (χ0) is 19.3. The van der Waals surface area contributed by atoms with Crippen LogP contribution in [0.2, 0.25) is 0 Å². The van der Waals surface area contributed by atoms with E-state index in [0.29, 0.717) is 30.1 Å². The number of carbonyl (C=O) groups is 1. The molecule has 4 rings (SSSR count). The van der Waals surface area contributed by atoms with Crippen LogP contribution in [-0.4, -0.2) is 40.1 Å². The highest BCUT2D eigenvalue weighted by Gasteiger charge is 2.17. The molecule has 1 aromatic carbocycles. The second-order valence-corrected chi connectivity index (χ2v) is 7.02. The summed E-state index contributed by atoms with van der Waals surface area (Å²) >= 11 is 1.19. The van der Waals surface area contributed by atoms with Gasteiger partial charge < -0.3 is 19.2 Å². The minimum absolute atomic E-state index is 0.131. The largest absolute Gasteiger partial charge is 0.486 e. The highest BCUT2D eigenvalue weighted by atomic mass is 32.2. The number of thioether (sulfide) groups is 1. The van der Waals surface area contributed by atoms with Gasteiger partial charge in [0.05, 0.1) is 17.4 Å². The Morgan fingerprint density at radius 1 is 1.21 bits per heavy atom. The van der Waals surface area contributed by atoms with Gasteiger partial charge in [0.1, 0.15) is 13.2 Å². The quantitative estimate of drug-likeness (QED) is 0.633. The number of nitrogens with zero attached hydrogens (tertiary/aromatic N) is 3. The van der Waals surface area contributed by atoms with Crippen LogP contribution in [0.3, 0.4) is 0 Å². The van der Waals surface area contributed by atoms with E-state index in [-0.39, 0.29) is 17.7 Å². The summed E-state index contributed by atoms with van der Waals surface area (Å²) in [6.45, 7) is 2.99. The average Bonchev–Trinajstić information content (AvgIpc) is 3.22. The van der Waals surface area contributed by atoms with Crippen LogP contribution >= 0.6 is 11.8 Å². The van der Waals surface area contributed by atoms with E-state index in [1.807, 2.05) is 31.2 Å². The third-order valence-corrected chi connectivity index (χ3v) is 4.90. The molecule has 2 aromatic heterocycles. The van der Waals surface area contributed by atoms with E-state index in [0.717, 1.165) is 16.9 Å².